The summed E-state index contributed by atoms with van der Waals surface area (Å²) in [6.45, 7) is 5.39. The van der Waals surface area contributed by atoms with Crippen LogP contribution in [0.4, 0.5) is 14.6 Å². The summed E-state index contributed by atoms with van der Waals surface area (Å²) in [5.41, 5.74) is 13.5. The van der Waals surface area contributed by atoms with E-state index in [4.69, 9.17) is 16.2 Å². The van der Waals surface area contributed by atoms with Crippen molar-refractivity contribution in [2.45, 2.75) is 19.3 Å². The van der Waals surface area contributed by atoms with Crippen LogP contribution in [0.1, 0.15) is 23.6 Å². The quantitative estimate of drug-likeness (QED) is 0.364. The first-order chi connectivity index (χ1) is 16.3. The van der Waals surface area contributed by atoms with E-state index >= 15 is 0 Å². The van der Waals surface area contributed by atoms with E-state index in [1.807, 2.05) is 37.3 Å². The van der Waals surface area contributed by atoms with Crippen LogP contribution in [0.15, 0.2) is 58.0 Å². The normalized spacial score (nSPS) is 15.6. The number of ether oxygens (including phenoxy) is 1. The first-order valence-electron chi connectivity index (χ1n) is 10.9. The monoisotopic (exact) mass is 534 g/mol. The summed E-state index contributed by atoms with van der Waals surface area (Å²) in [5.74, 6) is -0.626. The van der Waals surface area contributed by atoms with Crippen molar-refractivity contribution in [3.8, 4) is 5.69 Å². The Bertz CT molecular complexity index is 1120. The van der Waals surface area contributed by atoms with Gasteiger partial charge in [0.1, 0.15) is 0 Å². The topological polar surface area (TPSA) is 94.7 Å². The standard InChI is InChI=1S/C13H17F2NO.C11H12BrN5/c1-17-7-6-16-5-4-11(9-16)10-2-3-12(14)13(15)8-10;1-7-9(12)10(15-11(13)14)17(16-7)8-5-3-2-4-6-8/h2-3,8,11H,4-7,9H2,1H3;2-6H,1H3,(H4,13,14,15). The number of para-hydroxylation sites is 1. The number of benzene rings is 2. The number of methoxy groups -OCH3 is 1. The van der Waals surface area contributed by atoms with Gasteiger partial charge in [0.25, 0.3) is 0 Å². The van der Waals surface area contributed by atoms with Gasteiger partial charge in [0.15, 0.2) is 23.4 Å². The fraction of sp³-hybridized carbons (Fsp3) is 0.333. The summed E-state index contributed by atoms with van der Waals surface area (Å²) in [6.07, 6.45) is 0.995. The molecular formula is C24H29BrF2N6O. The highest BCUT2D eigenvalue weighted by Crippen LogP contribution is 2.31. The second-order valence-electron chi connectivity index (χ2n) is 7.96. The highest BCUT2D eigenvalue weighted by Gasteiger charge is 2.24. The lowest BCUT2D eigenvalue weighted by Gasteiger charge is -2.15. The molecule has 0 spiro atoms. The maximum absolute atomic E-state index is 13.1. The number of rotatable bonds is 6. The summed E-state index contributed by atoms with van der Waals surface area (Å²) in [5, 5.41) is 4.39. The molecule has 1 unspecified atom stereocenters. The molecule has 1 aliphatic heterocycles. The van der Waals surface area contributed by atoms with Gasteiger partial charge in [-0.3, -0.25) is 0 Å². The van der Waals surface area contributed by atoms with E-state index in [1.165, 1.54) is 12.1 Å². The molecule has 34 heavy (non-hydrogen) atoms. The average molecular weight is 535 g/mol. The lowest BCUT2D eigenvalue weighted by atomic mass is 9.98. The van der Waals surface area contributed by atoms with Crippen molar-refractivity contribution in [1.82, 2.24) is 14.7 Å². The van der Waals surface area contributed by atoms with E-state index in [0.29, 0.717) is 18.3 Å². The zero-order chi connectivity index (χ0) is 24.7. The second kappa shape index (κ2) is 12.0. The van der Waals surface area contributed by atoms with Crippen LogP contribution in [0.2, 0.25) is 0 Å². The molecule has 7 nitrogen and oxygen atoms in total. The number of halogens is 3. The molecule has 1 aromatic heterocycles. The molecule has 2 heterocycles. The Labute approximate surface area is 206 Å². The predicted molar refractivity (Wildman–Crippen MR) is 134 cm³/mol. The molecule has 1 aliphatic rings. The molecule has 2 aromatic carbocycles. The average Bonchev–Trinajstić information content (AvgIpc) is 3.41. The fourth-order valence-corrected chi connectivity index (χ4v) is 4.09. The van der Waals surface area contributed by atoms with Crippen molar-refractivity contribution in [3.05, 3.63) is 75.9 Å². The maximum Gasteiger partial charge on any atom is 0.192 e. The Kier molecular flexibility index (Phi) is 9.14. The van der Waals surface area contributed by atoms with Gasteiger partial charge in [-0.05, 0) is 71.6 Å². The zero-order valence-electron chi connectivity index (χ0n) is 19.2. The first-order valence-corrected chi connectivity index (χ1v) is 11.7. The van der Waals surface area contributed by atoms with Crippen molar-refractivity contribution in [2.24, 2.45) is 16.5 Å². The van der Waals surface area contributed by atoms with Gasteiger partial charge >= 0.3 is 0 Å². The van der Waals surface area contributed by atoms with E-state index in [-0.39, 0.29) is 5.96 Å². The van der Waals surface area contributed by atoms with E-state index < -0.39 is 11.6 Å². The summed E-state index contributed by atoms with van der Waals surface area (Å²) < 4.78 is 33.5. The van der Waals surface area contributed by atoms with Gasteiger partial charge < -0.3 is 21.1 Å². The molecule has 0 radical (unpaired) electrons. The second-order valence-corrected chi connectivity index (χ2v) is 8.75. The number of nitrogens with two attached hydrogens (primary N) is 2. The van der Waals surface area contributed by atoms with Crippen molar-refractivity contribution >= 4 is 27.7 Å². The van der Waals surface area contributed by atoms with E-state index in [0.717, 1.165) is 47.5 Å². The van der Waals surface area contributed by atoms with Gasteiger partial charge in [-0.15, -0.1) is 0 Å². The Morgan fingerprint density at radius 1 is 1.18 bits per heavy atom. The number of hydrogen-bond donors (Lipinski definition) is 2. The molecule has 4 rings (SSSR count). The van der Waals surface area contributed by atoms with E-state index in [9.17, 15) is 8.78 Å². The number of aryl methyl sites for hydroxylation is 1. The van der Waals surface area contributed by atoms with Crippen LogP contribution in [-0.2, 0) is 4.74 Å². The third kappa shape index (κ3) is 6.62. The minimum Gasteiger partial charge on any atom is -0.383 e. The van der Waals surface area contributed by atoms with Crippen molar-refractivity contribution < 1.29 is 13.5 Å². The minimum absolute atomic E-state index is 0.00258. The summed E-state index contributed by atoms with van der Waals surface area (Å²) in [4.78, 5) is 6.37. The molecule has 0 bridgehead atoms. The van der Waals surface area contributed by atoms with Crippen LogP contribution in [0, 0.1) is 18.6 Å². The highest BCUT2D eigenvalue weighted by atomic mass is 79.9. The van der Waals surface area contributed by atoms with Gasteiger partial charge in [-0.2, -0.15) is 10.1 Å². The minimum atomic E-state index is -0.775. The number of nitrogens with zero attached hydrogens (tertiary/aromatic N) is 4. The molecule has 4 N–H and O–H groups in total. The van der Waals surface area contributed by atoms with Crippen LogP contribution in [0.3, 0.4) is 0 Å². The molecule has 0 aliphatic carbocycles. The number of hydrogen-bond acceptors (Lipinski definition) is 4. The summed E-state index contributed by atoms with van der Waals surface area (Å²) >= 11 is 3.43. The molecule has 0 saturated carbocycles. The third-order valence-corrected chi connectivity index (χ3v) is 6.43. The lowest BCUT2D eigenvalue weighted by molar-refractivity contribution is 0.160. The van der Waals surface area contributed by atoms with Crippen molar-refractivity contribution in [2.75, 3.05) is 33.4 Å². The number of likely N-dealkylation sites (tertiary alicyclic amines) is 1. The fourth-order valence-electron chi connectivity index (χ4n) is 3.76. The number of guanidine groups is 1. The van der Waals surface area contributed by atoms with Crippen LogP contribution in [0.25, 0.3) is 5.69 Å². The van der Waals surface area contributed by atoms with Crippen LogP contribution in [0.5, 0.6) is 0 Å². The van der Waals surface area contributed by atoms with Crippen LogP contribution < -0.4 is 11.5 Å². The highest BCUT2D eigenvalue weighted by molar-refractivity contribution is 9.10. The maximum atomic E-state index is 13.1. The summed E-state index contributed by atoms with van der Waals surface area (Å²) in [6, 6.07) is 13.9. The zero-order valence-corrected chi connectivity index (χ0v) is 20.8. The molecule has 0 amide bonds. The molecule has 1 saturated heterocycles. The summed E-state index contributed by atoms with van der Waals surface area (Å²) in [7, 11) is 1.68. The molecular weight excluding hydrogens is 506 g/mol. The molecule has 3 aromatic rings. The van der Waals surface area contributed by atoms with Crippen molar-refractivity contribution in [3.63, 3.8) is 0 Å². The van der Waals surface area contributed by atoms with E-state index in [1.54, 1.807) is 17.9 Å². The first kappa shape index (κ1) is 25.8. The number of aromatic nitrogens is 2. The van der Waals surface area contributed by atoms with Gasteiger partial charge in [0, 0.05) is 20.2 Å². The van der Waals surface area contributed by atoms with Gasteiger partial charge in [0.2, 0.25) is 0 Å². The SMILES string of the molecule is COCCN1CCC(c2ccc(F)c(F)c2)C1.Cc1nn(-c2ccccc2)c(N=C(N)N)c1Br. The van der Waals surface area contributed by atoms with E-state index in [2.05, 4.69) is 30.9 Å². The van der Waals surface area contributed by atoms with Gasteiger partial charge in [-0.1, -0.05) is 24.3 Å². The Morgan fingerprint density at radius 3 is 2.56 bits per heavy atom. The van der Waals surface area contributed by atoms with Crippen LogP contribution >= 0.6 is 15.9 Å². The Balaban J connectivity index is 0.000000191. The largest absolute Gasteiger partial charge is 0.383 e. The molecule has 1 atom stereocenters. The van der Waals surface area contributed by atoms with Gasteiger partial charge in [0.05, 0.1) is 22.5 Å². The lowest BCUT2D eigenvalue weighted by Crippen LogP contribution is -2.24. The Hall–Kier alpha value is -2.82. The molecule has 10 heteroatoms. The predicted octanol–water partition coefficient (Wildman–Crippen LogP) is 4.25. The van der Waals surface area contributed by atoms with Gasteiger partial charge in [-0.25, -0.2) is 13.5 Å². The van der Waals surface area contributed by atoms with Crippen molar-refractivity contribution in [1.29, 1.82) is 0 Å². The van der Waals surface area contributed by atoms with Crippen LogP contribution in [-0.4, -0.2) is 54.0 Å². The molecule has 182 valence electrons. The smallest absolute Gasteiger partial charge is 0.192 e. The Morgan fingerprint density at radius 2 is 1.91 bits per heavy atom. The number of aliphatic imine (C=N–C) groups is 1. The third-order valence-electron chi connectivity index (χ3n) is 5.50. The molecule has 1 fully saturated rings.